The Morgan fingerprint density at radius 3 is 2.75 bits per heavy atom. The minimum absolute atomic E-state index is 0.0402. The van der Waals surface area contributed by atoms with Gasteiger partial charge in [-0.05, 0) is 13.8 Å². The summed E-state index contributed by atoms with van der Waals surface area (Å²) in [6, 6.07) is 0.0919. The van der Waals surface area contributed by atoms with Crippen LogP contribution in [0.2, 0.25) is 0 Å². The molecule has 0 fully saturated rings. The fraction of sp³-hybridized carbons (Fsp3) is 0.700. The zero-order chi connectivity index (χ0) is 12.1. The number of ether oxygens (including phenoxy) is 1. The van der Waals surface area contributed by atoms with Crippen molar-refractivity contribution in [2.45, 2.75) is 39.0 Å². The molecule has 0 saturated heterocycles. The first-order chi connectivity index (χ1) is 7.52. The van der Waals surface area contributed by atoms with Gasteiger partial charge in [0, 0.05) is 19.3 Å². The third kappa shape index (κ3) is 3.77. The second kappa shape index (κ2) is 5.79. The van der Waals surface area contributed by atoms with Crippen LogP contribution >= 0.6 is 0 Å². The SMILES string of the molecule is COC(C)C(C)Nc1cnn(CC(F)F)c1. The van der Waals surface area contributed by atoms with Crippen molar-refractivity contribution in [1.82, 2.24) is 9.78 Å². The molecule has 0 amide bonds. The van der Waals surface area contributed by atoms with Gasteiger partial charge in [0.2, 0.25) is 0 Å². The number of hydrogen-bond donors (Lipinski definition) is 1. The molecule has 0 aliphatic rings. The van der Waals surface area contributed by atoms with Gasteiger partial charge < -0.3 is 10.1 Å². The van der Waals surface area contributed by atoms with Crippen LogP contribution in [0.1, 0.15) is 13.8 Å². The number of rotatable bonds is 6. The van der Waals surface area contributed by atoms with E-state index < -0.39 is 6.43 Å². The van der Waals surface area contributed by atoms with Crippen LogP contribution in [-0.4, -0.2) is 35.5 Å². The highest BCUT2D eigenvalue weighted by Gasteiger charge is 2.12. The Kier molecular flexibility index (Phi) is 4.67. The standard InChI is InChI=1S/C10H17F2N3O/c1-7(8(2)16-3)14-9-4-13-15(5-9)6-10(11)12/h4-5,7-8,10,14H,6H2,1-3H3. The number of nitrogens with one attached hydrogen (secondary N) is 1. The lowest BCUT2D eigenvalue weighted by molar-refractivity contribution is 0.106. The van der Waals surface area contributed by atoms with Crippen LogP contribution in [0.5, 0.6) is 0 Å². The van der Waals surface area contributed by atoms with Crippen LogP contribution in [0.25, 0.3) is 0 Å². The molecule has 0 aromatic carbocycles. The first-order valence-electron chi connectivity index (χ1n) is 5.13. The second-order valence-electron chi connectivity index (χ2n) is 3.72. The maximum atomic E-state index is 12.1. The van der Waals surface area contributed by atoms with E-state index in [-0.39, 0.29) is 18.7 Å². The zero-order valence-electron chi connectivity index (χ0n) is 9.65. The molecule has 0 aliphatic heterocycles. The number of nitrogens with zero attached hydrogens (tertiary/aromatic N) is 2. The molecule has 1 rings (SSSR count). The number of aromatic nitrogens is 2. The zero-order valence-corrected chi connectivity index (χ0v) is 9.65. The van der Waals surface area contributed by atoms with E-state index >= 15 is 0 Å². The normalized spacial score (nSPS) is 15.1. The van der Waals surface area contributed by atoms with E-state index in [0.29, 0.717) is 0 Å². The Bertz CT molecular complexity index is 317. The molecule has 0 radical (unpaired) electrons. The molecule has 0 aliphatic carbocycles. The maximum absolute atomic E-state index is 12.1. The molecule has 1 N–H and O–H groups in total. The summed E-state index contributed by atoms with van der Waals surface area (Å²) in [4.78, 5) is 0. The average molecular weight is 233 g/mol. The van der Waals surface area contributed by atoms with E-state index in [1.165, 1.54) is 10.9 Å². The highest BCUT2D eigenvalue weighted by Crippen LogP contribution is 2.10. The third-order valence-corrected chi connectivity index (χ3v) is 2.43. The van der Waals surface area contributed by atoms with Crippen molar-refractivity contribution >= 4 is 5.69 Å². The monoisotopic (exact) mass is 233 g/mol. The molecule has 2 atom stereocenters. The largest absolute Gasteiger partial charge is 0.380 e. The van der Waals surface area contributed by atoms with Gasteiger partial charge in [-0.3, -0.25) is 4.68 Å². The minimum atomic E-state index is -2.39. The van der Waals surface area contributed by atoms with Crippen LogP contribution < -0.4 is 5.32 Å². The summed E-state index contributed by atoms with van der Waals surface area (Å²) >= 11 is 0. The fourth-order valence-corrected chi connectivity index (χ4v) is 1.26. The lowest BCUT2D eigenvalue weighted by Crippen LogP contribution is -2.29. The van der Waals surface area contributed by atoms with Crippen molar-refractivity contribution in [3.63, 3.8) is 0 Å². The van der Waals surface area contributed by atoms with Crippen molar-refractivity contribution in [1.29, 1.82) is 0 Å². The maximum Gasteiger partial charge on any atom is 0.257 e. The van der Waals surface area contributed by atoms with Crippen LogP contribution in [0.4, 0.5) is 14.5 Å². The Morgan fingerprint density at radius 1 is 1.50 bits per heavy atom. The van der Waals surface area contributed by atoms with Gasteiger partial charge in [0.25, 0.3) is 6.43 Å². The van der Waals surface area contributed by atoms with Crippen LogP contribution in [0, 0.1) is 0 Å². The molecule has 2 unspecified atom stereocenters. The fourth-order valence-electron chi connectivity index (χ4n) is 1.26. The van der Waals surface area contributed by atoms with Gasteiger partial charge in [0.15, 0.2) is 0 Å². The summed E-state index contributed by atoms with van der Waals surface area (Å²) in [5.74, 6) is 0. The quantitative estimate of drug-likeness (QED) is 0.816. The Balaban J connectivity index is 2.51. The van der Waals surface area contributed by atoms with E-state index in [9.17, 15) is 8.78 Å². The molecule has 0 bridgehead atoms. The Hall–Kier alpha value is -1.17. The topological polar surface area (TPSA) is 39.1 Å². The lowest BCUT2D eigenvalue weighted by atomic mass is 10.2. The number of halogens is 2. The third-order valence-electron chi connectivity index (χ3n) is 2.43. The predicted octanol–water partition coefficient (Wildman–Crippen LogP) is 1.98. The molecule has 4 nitrogen and oxygen atoms in total. The molecule has 1 aromatic heterocycles. The van der Waals surface area contributed by atoms with Gasteiger partial charge in [-0.1, -0.05) is 0 Å². The molecular weight excluding hydrogens is 216 g/mol. The van der Waals surface area contributed by atoms with Crippen LogP contribution in [-0.2, 0) is 11.3 Å². The lowest BCUT2D eigenvalue weighted by Gasteiger charge is -2.19. The van der Waals surface area contributed by atoms with E-state index in [2.05, 4.69) is 10.4 Å². The first kappa shape index (κ1) is 12.9. The highest BCUT2D eigenvalue weighted by molar-refractivity contribution is 5.39. The molecule has 1 aromatic rings. The van der Waals surface area contributed by atoms with Gasteiger partial charge in [-0.25, -0.2) is 8.78 Å². The van der Waals surface area contributed by atoms with Crippen LogP contribution in [0.15, 0.2) is 12.4 Å². The van der Waals surface area contributed by atoms with Gasteiger partial charge in [-0.2, -0.15) is 5.10 Å². The molecular formula is C10H17F2N3O. The van der Waals surface area contributed by atoms with Gasteiger partial charge in [-0.15, -0.1) is 0 Å². The summed E-state index contributed by atoms with van der Waals surface area (Å²) in [7, 11) is 1.63. The van der Waals surface area contributed by atoms with E-state index in [4.69, 9.17) is 4.74 Å². The minimum Gasteiger partial charge on any atom is -0.380 e. The predicted molar refractivity (Wildman–Crippen MR) is 57.8 cm³/mol. The van der Waals surface area contributed by atoms with E-state index in [1.54, 1.807) is 13.3 Å². The Labute approximate surface area is 93.6 Å². The van der Waals surface area contributed by atoms with Gasteiger partial charge >= 0.3 is 0 Å². The molecule has 16 heavy (non-hydrogen) atoms. The van der Waals surface area contributed by atoms with Crippen molar-refractivity contribution in [2.24, 2.45) is 0 Å². The number of hydrogen-bond acceptors (Lipinski definition) is 3. The average Bonchev–Trinajstić information content (AvgIpc) is 2.63. The summed E-state index contributed by atoms with van der Waals surface area (Å²) in [5, 5.41) is 6.96. The van der Waals surface area contributed by atoms with Crippen LogP contribution in [0.3, 0.4) is 0 Å². The summed E-state index contributed by atoms with van der Waals surface area (Å²) in [5.41, 5.74) is 0.719. The number of alkyl halides is 2. The molecule has 0 saturated carbocycles. The summed E-state index contributed by atoms with van der Waals surface area (Å²) in [6.07, 6.45) is 0.744. The van der Waals surface area contributed by atoms with Crippen molar-refractivity contribution < 1.29 is 13.5 Å². The first-order valence-corrected chi connectivity index (χ1v) is 5.13. The highest BCUT2D eigenvalue weighted by atomic mass is 19.3. The molecule has 6 heteroatoms. The molecule has 0 spiro atoms. The summed E-state index contributed by atoms with van der Waals surface area (Å²) in [6.45, 7) is 3.51. The van der Waals surface area contributed by atoms with Gasteiger partial charge in [0.05, 0.1) is 18.0 Å². The smallest absolute Gasteiger partial charge is 0.257 e. The van der Waals surface area contributed by atoms with E-state index in [1.807, 2.05) is 13.8 Å². The van der Waals surface area contributed by atoms with Crippen molar-refractivity contribution in [3.05, 3.63) is 12.4 Å². The van der Waals surface area contributed by atoms with Crippen molar-refractivity contribution in [2.75, 3.05) is 12.4 Å². The molecule has 1 heterocycles. The molecule has 92 valence electrons. The summed E-state index contributed by atoms with van der Waals surface area (Å²) < 4.78 is 30.5. The second-order valence-corrected chi connectivity index (χ2v) is 3.72. The number of methoxy groups -OCH3 is 1. The number of anilines is 1. The van der Waals surface area contributed by atoms with E-state index in [0.717, 1.165) is 5.69 Å². The Morgan fingerprint density at radius 2 is 2.19 bits per heavy atom. The van der Waals surface area contributed by atoms with Crippen molar-refractivity contribution in [3.8, 4) is 0 Å². The van der Waals surface area contributed by atoms with Gasteiger partial charge in [0.1, 0.15) is 6.54 Å².